The topological polar surface area (TPSA) is 66.4 Å². The van der Waals surface area contributed by atoms with Crippen LogP contribution in [-0.4, -0.2) is 29.4 Å². The smallest absolute Gasteiger partial charge is 0.220 e. The Morgan fingerprint density at radius 2 is 0.679 bits per heavy atom. The summed E-state index contributed by atoms with van der Waals surface area (Å²) in [5, 5.41) is 12.8. The molecule has 0 aromatic rings. The summed E-state index contributed by atoms with van der Waals surface area (Å²) in [7, 11) is 0. The summed E-state index contributed by atoms with van der Waals surface area (Å²) in [4.78, 5) is 24.6. The van der Waals surface area contributed by atoms with Crippen LogP contribution in [0.15, 0.2) is 12.2 Å². The van der Waals surface area contributed by atoms with Crippen molar-refractivity contribution in [3.05, 3.63) is 12.2 Å². The second-order valence-electron chi connectivity index (χ2n) is 17.8. The van der Waals surface area contributed by atoms with Crippen molar-refractivity contribution in [3.63, 3.8) is 0 Å². The van der Waals surface area contributed by atoms with Gasteiger partial charge >= 0.3 is 0 Å². The van der Waals surface area contributed by atoms with Crippen molar-refractivity contribution in [3.8, 4) is 0 Å². The number of aliphatic hydroxyl groups is 1. The highest BCUT2D eigenvalue weighted by Crippen LogP contribution is 2.17. The van der Waals surface area contributed by atoms with Crippen LogP contribution in [0.5, 0.6) is 0 Å². The maximum atomic E-state index is 12.4. The number of aliphatic hydroxyl groups excluding tert-OH is 1. The van der Waals surface area contributed by atoms with Crippen molar-refractivity contribution >= 4 is 11.7 Å². The van der Waals surface area contributed by atoms with E-state index in [0.717, 1.165) is 51.4 Å². The summed E-state index contributed by atoms with van der Waals surface area (Å²) in [6.45, 7) is 4.62. The molecular weight excluding hydrogens is 687 g/mol. The first-order valence-corrected chi connectivity index (χ1v) is 25.7. The molecule has 0 aromatic carbocycles. The average molecular weight is 788 g/mol. The van der Waals surface area contributed by atoms with Gasteiger partial charge in [-0.2, -0.15) is 0 Å². The number of hydrogen-bond acceptors (Lipinski definition) is 3. The van der Waals surface area contributed by atoms with Crippen LogP contribution < -0.4 is 5.32 Å². The minimum atomic E-state index is -0.0685. The van der Waals surface area contributed by atoms with Gasteiger partial charge in [0.15, 0.2) is 0 Å². The molecule has 0 aliphatic rings. The van der Waals surface area contributed by atoms with Gasteiger partial charge in [0.05, 0.1) is 12.6 Å². The number of rotatable bonds is 48. The van der Waals surface area contributed by atoms with E-state index in [0.29, 0.717) is 12.2 Å². The lowest BCUT2D eigenvalue weighted by Gasteiger charge is -2.16. The van der Waals surface area contributed by atoms with Crippen LogP contribution in [0.4, 0.5) is 0 Å². The van der Waals surface area contributed by atoms with Gasteiger partial charge in [0.25, 0.3) is 0 Å². The molecule has 4 heteroatoms. The fraction of sp³-hybridized carbons (Fsp3) is 0.923. The monoisotopic (exact) mass is 788 g/mol. The van der Waals surface area contributed by atoms with Crippen LogP contribution in [0.3, 0.4) is 0 Å². The van der Waals surface area contributed by atoms with Crippen molar-refractivity contribution in [1.82, 2.24) is 5.32 Å². The molecule has 2 N–H and O–H groups in total. The molecule has 0 aromatic heterocycles. The molecule has 0 spiro atoms. The van der Waals surface area contributed by atoms with Crippen LogP contribution in [0.25, 0.3) is 0 Å². The second kappa shape index (κ2) is 48.2. The molecule has 0 saturated carbocycles. The highest BCUT2D eigenvalue weighted by molar-refractivity contribution is 5.78. The average Bonchev–Trinajstić information content (AvgIpc) is 3.20. The number of nitrogens with one attached hydrogen (secondary N) is 1. The molecule has 0 fully saturated rings. The van der Waals surface area contributed by atoms with Crippen LogP contribution in [0, 0.1) is 0 Å². The Morgan fingerprint density at radius 1 is 0.393 bits per heavy atom. The van der Waals surface area contributed by atoms with Gasteiger partial charge in [-0.15, -0.1) is 0 Å². The molecule has 4 nitrogen and oxygen atoms in total. The maximum absolute atomic E-state index is 12.4. The molecule has 1 amide bonds. The highest BCUT2D eigenvalue weighted by Gasteiger charge is 2.11. The van der Waals surface area contributed by atoms with E-state index in [-0.39, 0.29) is 18.6 Å². The van der Waals surface area contributed by atoms with Crippen molar-refractivity contribution in [2.24, 2.45) is 0 Å². The molecule has 0 radical (unpaired) electrons. The number of unbranched alkanes of at least 4 members (excludes halogenated alkanes) is 36. The van der Waals surface area contributed by atoms with Gasteiger partial charge < -0.3 is 10.4 Å². The van der Waals surface area contributed by atoms with Gasteiger partial charge in [0.1, 0.15) is 5.78 Å². The third kappa shape index (κ3) is 45.5. The van der Waals surface area contributed by atoms with Gasteiger partial charge in [-0.1, -0.05) is 238 Å². The number of ketones is 1. The van der Waals surface area contributed by atoms with Crippen molar-refractivity contribution < 1.29 is 14.7 Å². The highest BCUT2D eigenvalue weighted by atomic mass is 16.3. The minimum Gasteiger partial charge on any atom is -0.394 e. The van der Waals surface area contributed by atoms with Crippen molar-refractivity contribution in [1.29, 1.82) is 0 Å². The van der Waals surface area contributed by atoms with Crippen LogP contribution in [-0.2, 0) is 9.59 Å². The van der Waals surface area contributed by atoms with E-state index in [1.807, 2.05) is 0 Å². The summed E-state index contributed by atoms with van der Waals surface area (Å²) in [5.41, 5.74) is 0. The molecule has 56 heavy (non-hydrogen) atoms. The number of amides is 1. The molecule has 0 aliphatic carbocycles. The zero-order valence-electron chi connectivity index (χ0n) is 38.3. The van der Waals surface area contributed by atoms with Gasteiger partial charge in [-0.3, -0.25) is 9.59 Å². The largest absolute Gasteiger partial charge is 0.394 e. The zero-order valence-corrected chi connectivity index (χ0v) is 38.3. The van der Waals surface area contributed by atoms with Gasteiger partial charge in [-0.25, -0.2) is 0 Å². The van der Waals surface area contributed by atoms with Crippen LogP contribution >= 0.6 is 0 Å². The normalized spacial score (nSPS) is 12.2. The standard InChI is InChI=1S/C52H101NO3/c1-3-5-7-9-11-13-15-17-19-22-26-30-34-38-42-46-51(55)47-43-39-35-31-27-23-20-24-28-32-36-40-44-48-52(56)53-50(49-54)45-41-37-33-29-25-21-18-16-14-12-10-8-6-4-2/h17,19,50,54H,3-16,18,20-49H2,1-2H3,(H,53,56)/t50-/m1/s1. The van der Waals surface area contributed by atoms with E-state index in [1.54, 1.807) is 0 Å². The summed E-state index contributed by atoms with van der Waals surface area (Å²) < 4.78 is 0. The Morgan fingerprint density at radius 3 is 1.02 bits per heavy atom. The lowest BCUT2D eigenvalue weighted by molar-refractivity contribution is -0.122. The Hall–Kier alpha value is -1.16. The summed E-state index contributed by atoms with van der Waals surface area (Å²) in [6.07, 6.45) is 60.0. The number of hydrogen-bond donors (Lipinski definition) is 2. The molecule has 0 saturated heterocycles. The van der Waals surface area contributed by atoms with Crippen molar-refractivity contribution in [2.75, 3.05) is 6.61 Å². The molecule has 0 heterocycles. The molecular formula is C52H101NO3. The van der Waals surface area contributed by atoms with E-state index in [4.69, 9.17) is 0 Å². The van der Waals surface area contributed by atoms with Crippen LogP contribution in [0.2, 0.25) is 0 Å². The van der Waals surface area contributed by atoms with Gasteiger partial charge in [0, 0.05) is 19.3 Å². The number of carbonyl (C=O) groups excluding carboxylic acids is 2. The Labute approximate surface area is 351 Å². The predicted octanol–water partition coefficient (Wildman–Crippen LogP) is 16.8. The van der Waals surface area contributed by atoms with E-state index >= 15 is 0 Å². The fourth-order valence-electron chi connectivity index (χ4n) is 8.16. The van der Waals surface area contributed by atoms with E-state index in [1.165, 1.54) is 225 Å². The van der Waals surface area contributed by atoms with Crippen LogP contribution in [0.1, 0.15) is 296 Å². The quantitative estimate of drug-likeness (QED) is 0.0477. The first-order valence-electron chi connectivity index (χ1n) is 25.7. The summed E-state index contributed by atoms with van der Waals surface area (Å²) >= 11 is 0. The summed E-state index contributed by atoms with van der Waals surface area (Å²) in [6, 6.07) is -0.0685. The molecule has 0 unspecified atom stereocenters. The molecule has 0 bridgehead atoms. The number of allylic oxidation sites excluding steroid dienone is 2. The molecule has 0 aliphatic heterocycles. The molecule has 332 valence electrons. The first kappa shape index (κ1) is 54.8. The van der Waals surface area contributed by atoms with E-state index < -0.39 is 0 Å². The third-order valence-corrected chi connectivity index (χ3v) is 12.1. The Balaban J connectivity index is 3.38. The first-order chi connectivity index (χ1) is 27.6. The van der Waals surface area contributed by atoms with Crippen molar-refractivity contribution in [2.45, 2.75) is 302 Å². The predicted molar refractivity (Wildman–Crippen MR) is 248 cm³/mol. The summed E-state index contributed by atoms with van der Waals surface area (Å²) in [5.74, 6) is 0.613. The second-order valence-corrected chi connectivity index (χ2v) is 17.8. The molecule has 1 atom stereocenters. The number of carbonyl (C=O) groups is 2. The van der Waals surface area contributed by atoms with Gasteiger partial charge in [-0.05, 0) is 51.4 Å². The van der Waals surface area contributed by atoms with E-state index in [2.05, 4.69) is 31.3 Å². The van der Waals surface area contributed by atoms with Gasteiger partial charge in [0.2, 0.25) is 5.91 Å². The number of Topliss-reactive ketones (excluding diaryl/α,β-unsaturated/α-hetero) is 1. The Kier molecular flexibility index (Phi) is 47.2. The fourth-order valence-corrected chi connectivity index (χ4v) is 8.16. The SMILES string of the molecule is CCCCCCCCC=CCCCCCCCC(=O)CCCCCCCCCCCCCCCC(=O)N[C@@H](CO)CCCCCCCCCCCCCCCC. The lowest BCUT2D eigenvalue weighted by Crippen LogP contribution is -2.37. The third-order valence-electron chi connectivity index (χ3n) is 12.1. The minimum absolute atomic E-state index is 0.0591. The zero-order chi connectivity index (χ0) is 40.7. The lowest BCUT2D eigenvalue weighted by atomic mass is 10.0. The Bertz CT molecular complexity index is 810. The maximum Gasteiger partial charge on any atom is 0.220 e. The molecule has 0 rings (SSSR count). The van der Waals surface area contributed by atoms with E-state index in [9.17, 15) is 14.7 Å².